The Hall–Kier alpha value is -3.14. The normalized spacial score (nSPS) is 18.6. The number of amides is 2. The SMILES string of the molecule is CC(C)c1ccc(/C=C/C(=O)NC2CCC(NC(=O)/C=C/c3ccc(C(C)C)cc3)CC2)cc1. The van der Waals surface area contributed by atoms with Crippen molar-refractivity contribution in [2.24, 2.45) is 0 Å². The summed E-state index contributed by atoms with van der Waals surface area (Å²) >= 11 is 0. The molecule has 0 aliphatic heterocycles. The first-order chi connectivity index (χ1) is 16.3. The van der Waals surface area contributed by atoms with Gasteiger partial charge in [0.25, 0.3) is 0 Å². The molecule has 2 aromatic carbocycles. The molecule has 4 heteroatoms. The molecule has 0 aromatic heterocycles. The van der Waals surface area contributed by atoms with E-state index in [1.54, 1.807) is 12.2 Å². The summed E-state index contributed by atoms with van der Waals surface area (Å²) in [5.41, 5.74) is 4.63. The molecule has 180 valence electrons. The number of rotatable bonds is 8. The van der Waals surface area contributed by atoms with Crippen LogP contribution < -0.4 is 10.6 Å². The fourth-order valence-corrected chi connectivity index (χ4v) is 4.21. The fraction of sp³-hybridized carbons (Fsp3) is 0.400. The molecule has 0 heterocycles. The first kappa shape index (κ1) is 25.5. The van der Waals surface area contributed by atoms with Gasteiger partial charge in [-0.3, -0.25) is 9.59 Å². The van der Waals surface area contributed by atoms with Gasteiger partial charge in [0.1, 0.15) is 0 Å². The van der Waals surface area contributed by atoms with E-state index in [0.717, 1.165) is 36.8 Å². The second kappa shape index (κ2) is 12.4. The molecular formula is C30H38N2O2. The minimum Gasteiger partial charge on any atom is -0.350 e. The monoisotopic (exact) mass is 458 g/mol. The molecule has 3 rings (SSSR count). The molecule has 0 atom stereocenters. The van der Waals surface area contributed by atoms with E-state index in [-0.39, 0.29) is 23.9 Å². The zero-order valence-corrected chi connectivity index (χ0v) is 20.9. The van der Waals surface area contributed by atoms with Crippen LogP contribution in [0.2, 0.25) is 0 Å². The summed E-state index contributed by atoms with van der Waals surface area (Å²) in [6.45, 7) is 8.67. The highest BCUT2D eigenvalue weighted by Gasteiger charge is 2.22. The Morgan fingerprint density at radius 3 is 1.26 bits per heavy atom. The highest BCUT2D eigenvalue weighted by molar-refractivity contribution is 5.92. The van der Waals surface area contributed by atoms with Crippen molar-refractivity contribution in [1.29, 1.82) is 0 Å². The molecule has 34 heavy (non-hydrogen) atoms. The maximum Gasteiger partial charge on any atom is 0.244 e. The predicted molar refractivity (Wildman–Crippen MR) is 141 cm³/mol. The van der Waals surface area contributed by atoms with Crippen molar-refractivity contribution in [3.05, 3.63) is 82.9 Å². The molecular weight excluding hydrogens is 420 g/mol. The van der Waals surface area contributed by atoms with Gasteiger partial charge in [-0.25, -0.2) is 0 Å². The topological polar surface area (TPSA) is 58.2 Å². The molecule has 1 aliphatic rings. The van der Waals surface area contributed by atoms with Crippen LogP contribution in [0.15, 0.2) is 60.7 Å². The number of hydrogen-bond acceptors (Lipinski definition) is 2. The van der Waals surface area contributed by atoms with Crippen LogP contribution >= 0.6 is 0 Å². The Bertz CT molecular complexity index is 910. The summed E-state index contributed by atoms with van der Waals surface area (Å²) in [4.78, 5) is 24.6. The lowest BCUT2D eigenvalue weighted by atomic mass is 9.91. The Labute approximate surface area is 204 Å². The summed E-state index contributed by atoms with van der Waals surface area (Å²) in [6, 6.07) is 16.9. The fourth-order valence-electron chi connectivity index (χ4n) is 4.21. The lowest BCUT2D eigenvalue weighted by molar-refractivity contribution is -0.118. The number of nitrogens with one attached hydrogen (secondary N) is 2. The number of carbonyl (C=O) groups is 2. The number of benzene rings is 2. The first-order valence-electron chi connectivity index (χ1n) is 12.5. The van der Waals surface area contributed by atoms with Gasteiger partial charge in [0.15, 0.2) is 0 Å². The third-order valence-electron chi connectivity index (χ3n) is 6.48. The quantitative estimate of drug-likeness (QED) is 0.463. The first-order valence-corrected chi connectivity index (χ1v) is 12.5. The van der Waals surface area contributed by atoms with E-state index >= 15 is 0 Å². The van der Waals surface area contributed by atoms with E-state index in [1.165, 1.54) is 11.1 Å². The minimum absolute atomic E-state index is 0.0631. The van der Waals surface area contributed by atoms with Gasteiger partial charge in [0, 0.05) is 24.2 Å². The third-order valence-corrected chi connectivity index (χ3v) is 6.48. The molecule has 1 fully saturated rings. The van der Waals surface area contributed by atoms with Crippen LogP contribution in [0.3, 0.4) is 0 Å². The Balaban J connectivity index is 1.38. The summed E-state index contributed by atoms with van der Waals surface area (Å²) in [7, 11) is 0. The van der Waals surface area contributed by atoms with Crippen LogP contribution in [0.25, 0.3) is 12.2 Å². The molecule has 1 aliphatic carbocycles. The van der Waals surface area contributed by atoms with E-state index < -0.39 is 0 Å². The van der Waals surface area contributed by atoms with Gasteiger partial charge in [-0.2, -0.15) is 0 Å². The van der Waals surface area contributed by atoms with Gasteiger partial charge in [-0.15, -0.1) is 0 Å². The lowest BCUT2D eigenvalue weighted by Gasteiger charge is -2.29. The average Bonchev–Trinajstić information content (AvgIpc) is 2.83. The molecule has 2 N–H and O–H groups in total. The van der Waals surface area contributed by atoms with Gasteiger partial charge in [0.05, 0.1) is 0 Å². The maximum atomic E-state index is 12.3. The van der Waals surface area contributed by atoms with Gasteiger partial charge in [0.2, 0.25) is 11.8 Å². The molecule has 2 aromatic rings. The minimum atomic E-state index is -0.0631. The molecule has 0 bridgehead atoms. The van der Waals surface area contributed by atoms with Crippen molar-refractivity contribution < 1.29 is 9.59 Å². The largest absolute Gasteiger partial charge is 0.350 e. The van der Waals surface area contributed by atoms with Crippen molar-refractivity contribution in [2.75, 3.05) is 0 Å². The molecule has 0 saturated heterocycles. The van der Waals surface area contributed by atoms with Crippen LogP contribution in [0.1, 0.15) is 87.5 Å². The molecule has 0 radical (unpaired) electrons. The zero-order chi connectivity index (χ0) is 24.5. The van der Waals surface area contributed by atoms with Gasteiger partial charge >= 0.3 is 0 Å². The van der Waals surface area contributed by atoms with E-state index in [1.807, 2.05) is 36.4 Å². The maximum absolute atomic E-state index is 12.3. The van der Waals surface area contributed by atoms with Crippen molar-refractivity contribution in [3.8, 4) is 0 Å². The van der Waals surface area contributed by atoms with E-state index in [2.05, 4.69) is 62.6 Å². The van der Waals surface area contributed by atoms with Crippen LogP contribution in [-0.4, -0.2) is 23.9 Å². The molecule has 0 unspecified atom stereocenters. The van der Waals surface area contributed by atoms with Crippen molar-refractivity contribution >= 4 is 24.0 Å². The summed E-state index contributed by atoms with van der Waals surface area (Å²) in [6.07, 6.45) is 10.4. The smallest absolute Gasteiger partial charge is 0.244 e. The molecule has 1 saturated carbocycles. The molecule has 4 nitrogen and oxygen atoms in total. The highest BCUT2D eigenvalue weighted by atomic mass is 16.2. The predicted octanol–water partition coefficient (Wildman–Crippen LogP) is 6.20. The van der Waals surface area contributed by atoms with Crippen molar-refractivity contribution in [1.82, 2.24) is 10.6 Å². The summed E-state index contributed by atoms with van der Waals surface area (Å²) in [5, 5.41) is 6.20. The van der Waals surface area contributed by atoms with Crippen LogP contribution in [0.4, 0.5) is 0 Å². The molecule has 2 amide bonds. The van der Waals surface area contributed by atoms with Crippen molar-refractivity contribution in [3.63, 3.8) is 0 Å². The van der Waals surface area contributed by atoms with Gasteiger partial charge < -0.3 is 10.6 Å². The standard InChI is InChI=1S/C30H38N2O2/c1-21(2)25-11-5-23(6-12-25)9-19-29(33)31-27-15-17-28(18-16-27)32-30(34)20-10-24-7-13-26(14-8-24)22(3)4/h5-14,19-22,27-28H,15-18H2,1-4H3,(H,31,33)(H,32,34)/b19-9+,20-10+. The lowest BCUT2D eigenvalue weighted by Crippen LogP contribution is -2.43. The summed E-state index contributed by atoms with van der Waals surface area (Å²) < 4.78 is 0. The number of hydrogen-bond donors (Lipinski definition) is 2. The van der Waals surface area contributed by atoms with E-state index in [4.69, 9.17) is 0 Å². The van der Waals surface area contributed by atoms with E-state index in [9.17, 15) is 9.59 Å². The average molecular weight is 459 g/mol. The summed E-state index contributed by atoms with van der Waals surface area (Å²) in [5.74, 6) is 0.872. The van der Waals surface area contributed by atoms with Crippen LogP contribution in [0.5, 0.6) is 0 Å². The van der Waals surface area contributed by atoms with Crippen LogP contribution in [0, 0.1) is 0 Å². The Morgan fingerprint density at radius 1 is 0.647 bits per heavy atom. The second-order valence-electron chi connectivity index (χ2n) is 9.88. The zero-order valence-electron chi connectivity index (χ0n) is 20.9. The Kier molecular flexibility index (Phi) is 9.26. The second-order valence-corrected chi connectivity index (χ2v) is 9.88. The van der Waals surface area contributed by atoms with Gasteiger partial charge in [-0.05, 0) is 71.9 Å². The highest BCUT2D eigenvalue weighted by Crippen LogP contribution is 2.20. The third kappa shape index (κ3) is 8.02. The van der Waals surface area contributed by atoms with Crippen molar-refractivity contribution in [2.45, 2.75) is 77.3 Å². The van der Waals surface area contributed by atoms with Crippen LogP contribution in [-0.2, 0) is 9.59 Å². The number of carbonyl (C=O) groups excluding carboxylic acids is 2. The molecule has 0 spiro atoms. The van der Waals surface area contributed by atoms with Gasteiger partial charge in [-0.1, -0.05) is 76.2 Å². The Morgan fingerprint density at radius 2 is 0.971 bits per heavy atom. The van der Waals surface area contributed by atoms with E-state index in [0.29, 0.717) is 11.8 Å².